The molecule has 0 aliphatic heterocycles. The predicted molar refractivity (Wildman–Crippen MR) is 89.3 cm³/mol. The maximum atomic E-state index is 12.1. The summed E-state index contributed by atoms with van der Waals surface area (Å²) in [5.41, 5.74) is -0.373. The molecule has 1 rings (SSSR count). The highest BCUT2D eigenvalue weighted by molar-refractivity contribution is 5.97. The van der Waals surface area contributed by atoms with E-state index >= 15 is 0 Å². The van der Waals surface area contributed by atoms with Gasteiger partial charge in [0.25, 0.3) is 5.91 Å². The third-order valence-electron chi connectivity index (χ3n) is 2.71. The van der Waals surface area contributed by atoms with Crippen molar-refractivity contribution in [1.82, 2.24) is 10.6 Å². The number of amides is 2. The molecule has 0 aromatic rings. The van der Waals surface area contributed by atoms with Crippen molar-refractivity contribution >= 4 is 18.0 Å². The quantitative estimate of drug-likeness (QED) is 0.709. The number of carboxylic acid groups (broad SMARTS) is 1. The van der Waals surface area contributed by atoms with Gasteiger partial charge in [-0.1, -0.05) is 30.4 Å². The minimum absolute atomic E-state index is 0.266. The van der Waals surface area contributed by atoms with E-state index in [1.807, 2.05) is 6.08 Å². The zero-order valence-electron chi connectivity index (χ0n) is 13.9. The van der Waals surface area contributed by atoms with E-state index in [4.69, 9.17) is 9.84 Å². The summed E-state index contributed by atoms with van der Waals surface area (Å²) in [4.78, 5) is 35.0. The molecule has 1 aliphatic rings. The van der Waals surface area contributed by atoms with Crippen molar-refractivity contribution in [2.45, 2.75) is 32.4 Å². The second-order valence-electron chi connectivity index (χ2n) is 6.00. The van der Waals surface area contributed by atoms with Crippen molar-refractivity contribution in [3.8, 4) is 0 Å². The SMILES string of the molecule is CC(C)(C)OC(=O)NC(CNC(=O)C1=CC=CC=CC=C1)C(=O)O. The minimum atomic E-state index is -1.29. The number of carbonyl (C=O) groups is 3. The first kappa shape index (κ1) is 19.2. The van der Waals surface area contributed by atoms with E-state index in [1.165, 1.54) is 0 Å². The molecule has 1 atom stereocenters. The molecule has 7 heteroatoms. The standard InChI is InChI=1S/C17H22N2O5/c1-17(2,3)24-16(23)19-13(15(21)22)11-18-14(20)12-9-7-5-4-6-8-10-12/h4-10,13H,11H2,1-3H3,(H,18,20)(H,19,23)(H,21,22). The Morgan fingerprint density at radius 1 is 1.12 bits per heavy atom. The van der Waals surface area contributed by atoms with Gasteiger partial charge in [0.05, 0.1) is 0 Å². The first-order valence-electron chi connectivity index (χ1n) is 7.41. The summed E-state index contributed by atoms with van der Waals surface area (Å²) in [5, 5.41) is 13.9. The summed E-state index contributed by atoms with van der Waals surface area (Å²) in [6.07, 6.45) is 11.1. The molecule has 0 aromatic heterocycles. The molecule has 0 bridgehead atoms. The van der Waals surface area contributed by atoms with Crippen LogP contribution in [-0.2, 0) is 14.3 Å². The first-order valence-corrected chi connectivity index (χ1v) is 7.41. The maximum Gasteiger partial charge on any atom is 0.408 e. The number of hydrogen-bond donors (Lipinski definition) is 3. The number of alkyl carbamates (subject to hydrolysis) is 1. The van der Waals surface area contributed by atoms with E-state index in [9.17, 15) is 14.4 Å². The van der Waals surface area contributed by atoms with Crippen molar-refractivity contribution in [2.75, 3.05) is 6.54 Å². The van der Waals surface area contributed by atoms with Gasteiger partial charge in [0.15, 0.2) is 0 Å². The second-order valence-corrected chi connectivity index (χ2v) is 6.00. The largest absolute Gasteiger partial charge is 0.480 e. The zero-order chi connectivity index (χ0) is 18.2. The van der Waals surface area contributed by atoms with Crippen LogP contribution in [0.1, 0.15) is 20.8 Å². The van der Waals surface area contributed by atoms with Crippen LogP contribution in [0.15, 0.2) is 48.1 Å². The highest BCUT2D eigenvalue weighted by atomic mass is 16.6. The van der Waals surface area contributed by atoms with Crippen molar-refractivity contribution in [1.29, 1.82) is 0 Å². The van der Waals surface area contributed by atoms with Crippen LogP contribution >= 0.6 is 0 Å². The maximum absolute atomic E-state index is 12.1. The molecule has 3 N–H and O–H groups in total. The summed E-state index contributed by atoms with van der Waals surface area (Å²) in [6, 6.07) is -1.29. The molecule has 0 aromatic carbocycles. The van der Waals surface area contributed by atoms with Gasteiger partial charge in [0.2, 0.25) is 0 Å². The van der Waals surface area contributed by atoms with Gasteiger partial charge in [-0.3, -0.25) is 4.79 Å². The highest BCUT2D eigenvalue weighted by Gasteiger charge is 2.24. The van der Waals surface area contributed by atoms with E-state index < -0.39 is 29.6 Å². The normalized spacial score (nSPS) is 14.9. The predicted octanol–water partition coefficient (Wildman–Crippen LogP) is 1.69. The number of carboxylic acids is 1. The van der Waals surface area contributed by atoms with Crippen LogP contribution in [0.5, 0.6) is 0 Å². The number of nitrogens with one attached hydrogen (secondary N) is 2. The van der Waals surface area contributed by atoms with E-state index in [1.54, 1.807) is 57.2 Å². The van der Waals surface area contributed by atoms with Crippen LogP contribution in [-0.4, -0.2) is 41.3 Å². The number of hydrogen-bond acceptors (Lipinski definition) is 4. The van der Waals surface area contributed by atoms with Crippen LogP contribution in [0.3, 0.4) is 0 Å². The first-order chi connectivity index (χ1) is 11.2. The number of aliphatic carboxylic acids is 1. The zero-order valence-corrected chi connectivity index (χ0v) is 13.9. The summed E-state index contributed by atoms with van der Waals surface area (Å²) >= 11 is 0. The molecule has 0 saturated heterocycles. The van der Waals surface area contributed by atoms with Gasteiger partial charge < -0.3 is 20.5 Å². The van der Waals surface area contributed by atoms with E-state index in [0.717, 1.165) is 0 Å². The highest BCUT2D eigenvalue weighted by Crippen LogP contribution is 2.07. The average Bonchev–Trinajstić information content (AvgIpc) is 2.40. The van der Waals surface area contributed by atoms with E-state index in [2.05, 4.69) is 10.6 Å². The van der Waals surface area contributed by atoms with Gasteiger partial charge in [0.1, 0.15) is 11.6 Å². The van der Waals surface area contributed by atoms with Crippen LogP contribution in [0.25, 0.3) is 0 Å². The number of carbonyl (C=O) groups excluding carboxylic acids is 2. The minimum Gasteiger partial charge on any atom is -0.480 e. The summed E-state index contributed by atoms with van der Waals surface area (Å²) in [6.45, 7) is 4.73. The fraction of sp³-hybridized carbons (Fsp3) is 0.353. The van der Waals surface area contributed by atoms with Crippen LogP contribution < -0.4 is 10.6 Å². The van der Waals surface area contributed by atoms with Gasteiger partial charge >= 0.3 is 12.1 Å². The molecule has 24 heavy (non-hydrogen) atoms. The Morgan fingerprint density at radius 2 is 1.75 bits per heavy atom. The molecule has 130 valence electrons. The monoisotopic (exact) mass is 334 g/mol. The molecule has 0 spiro atoms. The molecule has 2 amide bonds. The van der Waals surface area contributed by atoms with E-state index in [0.29, 0.717) is 5.57 Å². The molecule has 0 heterocycles. The van der Waals surface area contributed by atoms with Crippen LogP contribution in [0.2, 0.25) is 0 Å². The third-order valence-corrected chi connectivity index (χ3v) is 2.71. The van der Waals surface area contributed by atoms with Gasteiger partial charge in [0, 0.05) is 12.1 Å². The van der Waals surface area contributed by atoms with Crippen molar-refractivity contribution in [3.05, 3.63) is 48.1 Å². The molecule has 0 fully saturated rings. The van der Waals surface area contributed by atoms with Crippen molar-refractivity contribution in [3.63, 3.8) is 0 Å². The van der Waals surface area contributed by atoms with Crippen LogP contribution in [0, 0.1) is 0 Å². The molecular weight excluding hydrogens is 312 g/mol. The molecule has 0 saturated carbocycles. The number of rotatable bonds is 5. The Balaban J connectivity index is 2.61. The Kier molecular flexibility index (Phi) is 6.98. The Bertz CT molecular complexity index is 609. The number of allylic oxidation sites excluding steroid dienone is 6. The fourth-order valence-corrected chi connectivity index (χ4v) is 1.66. The van der Waals surface area contributed by atoms with Gasteiger partial charge in [-0.2, -0.15) is 0 Å². The topological polar surface area (TPSA) is 105 Å². The second kappa shape index (κ2) is 8.71. The van der Waals surface area contributed by atoms with E-state index in [-0.39, 0.29) is 6.54 Å². The third kappa shape index (κ3) is 7.44. The Hall–Kier alpha value is -2.83. The molecule has 1 aliphatic carbocycles. The molecule has 0 radical (unpaired) electrons. The molecule has 1 unspecified atom stereocenters. The summed E-state index contributed by atoms with van der Waals surface area (Å²) < 4.78 is 5.01. The lowest BCUT2D eigenvalue weighted by Gasteiger charge is -2.22. The lowest BCUT2D eigenvalue weighted by atomic mass is 10.1. The fourth-order valence-electron chi connectivity index (χ4n) is 1.66. The van der Waals surface area contributed by atoms with Gasteiger partial charge in [-0.15, -0.1) is 0 Å². The van der Waals surface area contributed by atoms with Gasteiger partial charge in [-0.25, -0.2) is 9.59 Å². The van der Waals surface area contributed by atoms with Crippen LogP contribution in [0.4, 0.5) is 4.79 Å². The summed E-state index contributed by atoms with van der Waals surface area (Å²) in [7, 11) is 0. The number of ether oxygens (including phenoxy) is 1. The van der Waals surface area contributed by atoms with Crippen molar-refractivity contribution in [2.24, 2.45) is 0 Å². The van der Waals surface area contributed by atoms with Crippen molar-refractivity contribution < 1.29 is 24.2 Å². The molecule has 7 nitrogen and oxygen atoms in total. The Morgan fingerprint density at radius 3 is 2.38 bits per heavy atom. The lowest BCUT2D eigenvalue weighted by Crippen LogP contribution is -2.49. The summed E-state index contributed by atoms with van der Waals surface area (Å²) in [5.74, 6) is -1.71. The Labute approximate surface area is 140 Å². The molecular formula is C17H22N2O5. The lowest BCUT2D eigenvalue weighted by molar-refractivity contribution is -0.139. The smallest absolute Gasteiger partial charge is 0.408 e. The van der Waals surface area contributed by atoms with Gasteiger partial charge in [-0.05, 0) is 32.9 Å². The average molecular weight is 334 g/mol.